The Balaban J connectivity index is 1.33. The van der Waals surface area contributed by atoms with Gasteiger partial charge in [0.25, 0.3) is 11.5 Å². The quantitative estimate of drug-likeness (QED) is 0.427. The van der Waals surface area contributed by atoms with E-state index in [2.05, 4.69) is 15.4 Å². The molecular formula is C27H23N5O2. The highest BCUT2D eigenvalue weighted by Crippen LogP contribution is 2.14. The first-order valence-corrected chi connectivity index (χ1v) is 11.0. The van der Waals surface area contributed by atoms with Crippen molar-refractivity contribution in [2.45, 2.75) is 20.0 Å². The van der Waals surface area contributed by atoms with E-state index in [-0.39, 0.29) is 11.5 Å². The SMILES string of the molecule is Cc1nc2ccccc2c(=O)n1-c1ccc(C(=O)NCc2ccccc2Cn2cccn2)cc1. The molecule has 0 spiro atoms. The van der Waals surface area contributed by atoms with Gasteiger partial charge in [0, 0.05) is 24.5 Å². The van der Waals surface area contributed by atoms with Crippen LogP contribution in [0.15, 0.2) is 96.1 Å². The van der Waals surface area contributed by atoms with Gasteiger partial charge in [-0.1, -0.05) is 36.4 Å². The van der Waals surface area contributed by atoms with Crippen LogP contribution in [0.3, 0.4) is 0 Å². The van der Waals surface area contributed by atoms with Crippen molar-refractivity contribution in [3.63, 3.8) is 0 Å². The van der Waals surface area contributed by atoms with Gasteiger partial charge in [0.15, 0.2) is 0 Å². The summed E-state index contributed by atoms with van der Waals surface area (Å²) in [6, 6.07) is 24.1. The van der Waals surface area contributed by atoms with Gasteiger partial charge in [-0.05, 0) is 60.5 Å². The third-order valence-corrected chi connectivity index (χ3v) is 5.78. The number of para-hydroxylation sites is 1. The first kappa shape index (κ1) is 21.3. The maximum absolute atomic E-state index is 13.0. The lowest BCUT2D eigenvalue weighted by molar-refractivity contribution is 0.0951. The first-order chi connectivity index (χ1) is 16.6. The number of aryl methyl sites for hydroxylation is 1. The molecule has 0 saturated carbocycles. The fourth-order valence-corrected chi connectivity index (χ4v) is 4.04. The van der Waals surface area contributed by atoms with Crippen LogP contribution in [0.4, 0.5) is 0 Å². The molecule has 1 N–H and O–H groups in total. The molecule has 0 atom stereocenters. The average molecular weight is 450 g/mol. The Labute approximate surface area is 196 Å². The number of nitrogens with zero attached hydrogens (tertiary/aromatic N) is 4. The second-order valence-corrected chi connectivity index (χ2v) is 8.02. The zero-order valence-corrected chi connectivity index (χ0v) is 18.7. The molecule has 168 valence electrons. The van der Waals surface area contributed by atoms with Gasteiger partial charge in [0.1, 0.15) is 5.82 Å². The molecule has 3 aromatic carbocycles. The van der Waals surface area contributed by atoms with Crippen LogP contribution in [0.25, 0.3) is 16.6 Å². The third-order valence-electron chi connectivity index (χ3n) is 5.78. The van der Waals surface area contributed by atoms with Crippen molar-refractivity contribution in [2.24, 2.45) is 0 Å². The number of hydrogen-bond donors (Lipinski definition) is 1. The number of amides is 1. The number of fused-ring (bicyclic) bond motifs is 1. The number of hydrogen-bond acceptors (Lipinski definition) is 4. The number of carbonyl (C=O) groups excluding carboxylic acids is 1. The van der Waals surface area contributed by atoms with Crippen molar-refractivity contribution in [3.05, 3.63) is 124 Å². The minimum atomic E-state index is -0.179. The summed E-state index contributed by atoms with van der Waals surface area (Å²) in [6.45, 7) is 2.85. The normalized spacial score (nSPS) is 11.0. The fourth-order valence-electron chi connectivity index (χ4n) is 4.04. The number of rotatable bonds is 6. The van der Waals surface area contributed by atoms with E-state index in [1.54, 1.807) is 48.0 Å². The smallest absolute Gasteiger partial charge is 0.265 e. The van der Waals surface area contributed by atoms with Gasteiger partial charge in [-0.2, -0.15) is 5.10 Å². The molecule has 0 radical (unpaired) electrons. The van der Waals surface area contributed by atoms with E-state index in [1.165, 1.54) is 0 Å². The van der Waals surface area contributed by atoms with Crippen LogP contribution in [0.5, 0.6) is 0 Å². The van der Waals surface area contributed by atoms with E-state index in [0.717, 1.165) is 11.1 Å². The van der Waals surface area contributed by atoms with Crippen LogP contribution < -0.4 is 10.9 Å². The van der Waals surface area contributed by atoms with E-state index >= 15 is 0 Å². The predicted molar refractivity (Wildman–Crippen MR) is 131 cm³/mol. The van der Waals surface area contributed by atoms with Crippen LogP contribution in [-0.4, -0.2) is 25.2 Å². The number of aromatic nitrogens is 4. The first-order valence-electron chi connectivity index (χ1n) is 11.0. The summed E-state index contributed by atoms with van der Waals surface area (Å²) in [5.74, 6) is 0.413. The predicted octanol–water partition coefficient (Wildman–Crippen LogP) is 3.87. The molecule has 2 heterocycles. The lowest BCUT2D eigenvalue weighted by Gasteiger charge is -2.13. The van der Waals surface area contributed by atoms with Crippen molar-refractivity contribution < 1.29 is 4.79 Å². The monoisotopic (exact) mass is 449 g/mol. The third kappa shape index (κ3) is 4.23. The Bertz CT molecular complexity index is 1520. The summed E-state index contributed by atoms with van der Waals surface area (Å²) < 4.78 is 3.42. The van der Waals surface area contributed by atoms with E-state index < -0.39 is 0 Å². The van der Waals surface area contributed by atoms with Gasteiger partial charge in [-0.15, -0.1) is 0 Å². The number of nitrogens with one attached hydrogen (secondary N) is 1. The van der Waals surface area contributed by atoms with Gasteiger partial charge < -0.3 is 5.32 Å². The molecule has 0 aliphatic heterocycles. The molecular weight excluding hydrogens is 426 g/mol. The summed E-state index contributed by atoms with van der Waals surface area (Å²) >= 11 is 0. The molecule has 0 aliphatic rings. The lowest BCUT2D eigenvalue weighted by atomic mass is 10.1. The zero-order chi connectivity index (χ0) is 23.5. The molecule has 0 saturated heterocycles. The second kappa shape index (κ2) is 9.15. The molecule has 0 unspecified atom stereocenters. The molecule has 7 heteroatoms. The molecule has 0 bridgehead atoms. The van der Waals surface area contributed by atoms with Crippen LogP contribution in [-0.2, 0) is 13.1 Å². The topological polar surface area (TPSA) is 81.8 Å². The summed E-state index contributed by atoms with van der Waals surface area (Å²) in [5.41, 5.74) is 3.86. The fraction of sp³-hybridized carbons (Fsp3) is 0.111. The largest absolute Gasteiger partial charge is 0.348 e. The van der Waals surface area contributed by atoms with Gasteiger partial charge in [0.2, 0.25) is 0 Å². The number of carbonyl (C=O) groups is 1. The highest BCUT2D eigenvalue weighted by Gasteiger charge is 2.12. The Kier molecular flexibility index (Phi) is 5.74. The zero-order valence-electron chi connectivity index (χ0n) is 18.7. The van der Waals surface area contributed by atoms with Crippen LogP contribution in [0.1, 0.15) is 27.3 Å². The Morgan fingerprint density at radius 1 is 0.912 bits per heavy atom. The molecule has 0 fully saturated rings. The van der Waals surface area contributed by atoms with Crippen LogP contribution >= 0.6 is 0 Å². The molecule has 1 amide bonds. The molecule has 5 aromatic rings. The van der Waals surface area contributed by atoms with E-state index in [1.807, 2.05) is 59.4 Å². The summed E-state index contributed by atoms with van der Waals surface area (Å²) in [7, 11) is 0. The maximum Gasteiger partial charge on any atom is 0.265 e. The van der Waals surface area contributed by atoms with Crippen molar-refractivity contribution in [2.75, 3.05) is 0 Å². The number of benzene rings is 3. The minimum Gasteiger partial charge on any atom is -0.348 e. The van der Waals surface area contributed by atoms with Gasteiger partial charge in [0.05, 0.1) is 23.1 Å². The standard InChI is InChI=1S/C27H23N5O2/c1-19-30-25-10-5-4-9-24(25)27(34)32(19)23-13-11-20(12-14-23)26(33)28-17-21-7-2-3-8-22(21)18-31-16-6-15-29-31/h2-16H,17-18H2,1H3,(H,28,33). The van der Waals surface area contributed by atoms with Gasteiger partial charge in [-0.25, -0.2) is 4.98 Å². The van der Waals surface area contributed by atoms with Gasteiger partial charge >= 0.3 is 0 Å². The molecule has 0 aliphatic carbocycles. The van der Waals surface area contributed by atoms with E-state index in [0.29, 0.717) is 41.1 Å². The highest BCUT2D eigenvalue weighted by molar-refractivity contribution is 5.94. The van der Waals surface area contributed by atoms with Crippen molar-refractivity contribution in [1.29, 1.82) is 0 Å². The molecule has 2 aromatic heterocycles. The lowest BCUT2D eigenvalue weighted by Crippen LogP contribution is -2.24. The van der Waals surface area contributed by atoms with Crippen molar-refractivity contribution in [3.8, 4) is 5.69 Å². The maximum atomic E-state index is 13.0. The van der Waals surface area contributed by atoms with Gasteiger partial charge in [-0.3, -0.25) is 18.8 Å². The molecule has 5 rings (SSSR count). The van der Waals surface area contributed by atoms with E-state index in [4.69, 9.17) is 0 Å². The van der Waals surface area contributed by atoms with Crippen LogP contribution in [0, 0.1) is 6.92 Å². The van der Waals surface area contributed by atoms with Crippen molar-refractivity contribution in [1.82, 2.24) is 24.6 Å². The average Bonchev–Trinajstić information content (AvgIpc) is 3.37. The highest BCUT2D eigenvalue weighted by atomic mass is 16.1. The Hall–Kier alpha value is -4.52. The Morgan fingerprint density at radius 3 is 2.41 bits per heavy atom. The van der Waals surface area contributed by atoms with Crippen molar-refractivity contribution >= 4 is 16.8 Å². The Morgan fingerprint density at radius 2 is 1.65 bits per heavy atom. The second-order valence-electron chi connectivity index (χ2n) is 8.02. The van der Waals surface area contributed by atoms with Crippen LogP contribution in [0.2, 0.25) is 0 Å². The molecule has 34 heavy (non-hydrogen) atoms. The minimum absolute atomic E-state index is 0.130. The van der Waals surface area contributed by atoms with E-state index in [9.17, 15) is 9.59 Å². The summed E-state index contributed by atoms with van der Waals surface area (Å²) in [5, 5.41) is 7.81. The molecule has 7 nitrogen and oxygen atoms in total. The summed E-state index contributed by atoms with van der Waals surface area (Å²) in [4.78, 5) is 30.3. The summed E-state index contributed by atoms with van der Waals surface area (Å²) in [6.07, 6.45) is 3.66.